The van der Waals surface area contributed by atoms with Crippen LogP contribution >= 0.6 is 0 Å². The van der Waals surface area contributed by atoms with Crippen LogP contribution in [0, 0.1) is 0 Å². The molecule has 0 rings (SSSR count). The van der Waals surface area contributed by atoms with Crippen molar-refractivity contribution in [3.05, 3.63) is 0 Å². The van der Waals surface area contributed by atoms with E-state index in [4.69, 9.17) is 5.73 Å². The van der Waals surface area contributed by atoms with E-state index in [-0.39, 0.29) is 0 Å². The number of methoxy groups -OCH3 is 1. The van der Waals surface area contributed by atoms with Crippen LogP contribution in [0.3, 0.4) is 0 Å². The van der Waals surface area contributed by atoms with Crippen molar-refractivity contribution < 1.29 is 14.3 Å². The third-order valence-corrected chi connectivity index (χ3v) is 1.70. The first kappa shape index (κ1) is 11.9. The molecule has 0 unspecified atom stereocenters. The van der Waals surface area contributed by atoms with Crippen molar-refractivity contribution in [2.24, 2.45) is 5.73 Å². The highest BCUT2D eigenvalue weighted by Crippen LogP contribution is 2.01. The molecule has 76 valence electrons. The Kier molecular flexibility index (Phi) is 6.91. The molecule has 0 aliphatic rings. The number of esters is 1. The summed E-state index contributed by atoms with van der Waals surface area (Å²) in [7, 11) is 1.30. The molecular formula is C8H16N2O3. The van der Waals surface area contributed by atoms with Gasteiger partial charge in [-0.1, -0.05) is 0 Å². The van der Waals surface area contributed by atoms with Gasteiger partial charge in [0.2, 0.25) is 6.41 Å². The smallest absolute Gasteiger partial charge is 0.328 e. The summed E-state index contributed by atoms with van der Waals surface area (Å²) in [6.45, 7) is 0.592. The van der Waals surface area contributed by atoms with Crippen LogP contribution in [0.5, 0.6) is 0 Å². The summed E-state index contributed by atoms with van der Waals surface area (Å²) in [5, 5.41) is 2.40. The van der Waals surface area contributed by atoms with Crippen LogP contribution in [-0.2, 0) is 14.3 Å². The maximum atomic E-state index is 11.0. The van der Waals surface area contributed by atoms with E-state index in [9.17, 15) is 9.59 Å². The van der Waals surface area contributed by atoms with Gasteiger partial charge in [-0.2, -0.15) is 0 Å². The van der Waals surface area contributed by atoms with Gasteiger partial charge < -0.3 is 15.8 Å². The Labute approximate surface area is 77.6 Å². The van der Waals surface area contributed by atoms with E-state index in [2.05, 4.69) is 10.1 Å². The minimum atomic E-state index is -0.533. The fraction of sp³-hybridized carbons (Fsp3) is 0.750. The summed E-state index contributed by atoms with van der Waals surface area (Å²) < 4.78 is 4.50. The van der Waals surface area contributed by atoms with Crippen molar-refractivity contribution in [3.8, 4) is 0 Å². The summed E-state index contributed by atoms with van der Waals surface area (Å²) in [5.41, 5.74) is 5.29. The van der Waals surface area contributed by atoms with Gasteiger partial charge in [-0.3, -0.25) is 4.79 Å². The van der Waals surface area contributed by atoms with Crippen LogP contribution in [-0.4, -0.2) is 32.1 Å². The Bertz CT molecular complexity index is 161. The number of rotatable bonds is 7. The minimum Gasteiger partial charge on any atom is -0.467 e. The molecule has 0 heterocycles. The fourth-order valence-electron chi connectivity index (χ4n) is 0.986. The van der Waals surface area contributed by atoms with Gasteiger partial charge in [0, 0.05) is 0 Å². The standard InChI is InChI=1S/C8H16N2O3/c1-13-8(12)7(10-6-11)4-2-3-5-9/h6-7H,2-5,9H2,1H3,(H,10,11)/t7-/m0/s1. The lowest BCUT2D eigenvalue weighted by molar-refractivity contribution is -0.144. The van der Waals surface area contributed by atoms with Gasteiger partial charge in [-0.15, -0.1) is 0 Å². The Morgan fingerprint density at radius 3 is 2.77 bits per heavy atom. The van der Waals surface area contributed by atoms with Gasteiger partial charge in [-0.05, 0) is 25.8 Å². The Balaban J connectivity index is 3.79. The van der Waals surface area contributed by atoms with Crippen molar-refractivity contribution in [2.75, 3.05) is 13.7 Å². The number of nitrogens with two attached hydrogens (primary N) is 1. The number of amides is 1. The molecule has 5 heteroatoms. The predicted molar refractivity (Wildman–Crippen MR) is 47.9 cm³/mol. The number of ether oxygens (including phenoxy) is 1. The third-order valence-electron chi connectivity index (χ3n) is 1.70. The summed E-state index contributed by atoms with van der Waals surface area (Å²) >= 11 is 0. The summed E-state index contributed by atoms with van der Waals surface area (Å²) in [6.07, 6.45) is 2.72. The van der Waals surface area contributed by atoms with Gasteiger partial charge in [0.1, 0.15) is 6.04 Å². The molecule has 3 N–H and O–H groups in total. The Morgan fingerprint density at radius 1 is 1.62 bits per heavy atom. The second-order valence-electron chi connectivity index (χ2n) is 2.64. The molecule has 0 aromatic heterocycles. The number of hydrogen-bond acceptors (Lipinski definition) is 4. The lowest BCUT2D eigenvalue weighted by Crippen LogP contribution is -2.36. The molecule has 0 aliphatic heterocycles. The molecule has 0 aliphatic carbocycles. The summed E-state index contributed by atoms with van der Waals surface area (Å²) in [5.74, 6) is -0.413. The summed E-state index contributed by atoms with van der Waals surface area (Å²) in [4.78, 5) is 21.1. The van der Waals surface area contributed by atoms with Crippen molar-refractivity contribution in [1.82, 2.24) is 5.32 Å². The topological polar surface area (TPSA) is 81.4 Å². The number of unbranched alkanes of at least 4 members (excludes halogenated alkanes) is 1. The highest BCUT2D eigenvalue weighted by molar-refractivity contribution is 5.77. The van der Waals surface area contributed by atoms with Crippen LogP contribution in [0.1, 0.15) is 19.3 Å². The molecule has 0 bridgehead atoms. The minimum absolute atomic E-state index is 0.413. The number of hydrogen-bond donors (Lipinski definition) is 2. The molecule has 0 aromatic rings. The van der Waals surface area contributed by atoms with Crippen molar-refractivity contribution >= 4 is 12.4 Å². The maximum absolute atomic E-state index is 11.0. The van der Waals surface area contributed by atoms with Gasteiger partial charge in [-0.25, -0.2) is 4.79 Å². The van der Waals surface area contributed by atoms with Crippen LogP contribution in [0.2, 0.25) is 0 Å². The highest BCUT2D eigenvalue weighted by Gasteiger charge is 2.16. The van der Waals surface area contributed by atoms with E-state index < -0.39 is 12.0 Å². The van der Waals surface area contributed by atoms with Gasteiger partial charge in [0.05, 0.1) is 7.11 Å². The van der Waals surface area contributed by atoms with E-state index in [1.807, 2.05) is 0 Å². The van der Waals surface area contributed by atoms with E-state index in [1.54, 1.807) is 0 Å². The largest absolute Gasteiger partial charge is 0.467 e. The second kappa shape index (κ2) is 7.54. The molecule has 0 saturated heterocycles. The molecule has 5 nitrogen and oxygen atoms in total. The molecule has 1 atom stereocenters. The first-order chi connectivity index (χ1) is 6.26. The maximum Gasteiger partial charge on any atom is 0.328 e. The zero-order valence-corrected chi connectivity index (χ0v) is 7.79. The Hall–Kier alpha value is -1.10. The molecule has 13 heavy (non-hydrogen) atoms. The molecule has 0 aromatic carbocycles. The van der Waals surface area contributed by atoms with Gasteiger partial charge in [0.25, 0.3) is 0 Å². The SMILES string of the molecule is COC(=O)[C@H](CCCCN)NC=O. The van der Waals surface area contributed by atoms with Gasteiger partial charge in [0.15, 0.2) is 0 Å². The molecule has 1 amide bonds. The van der Waals surface area contributed by atoms with Crippen molar-refractivity contribution in [2.45, 2.75) is 25.3 Å². The average molecular weight is 188 g/mol. The van der Waals surface area contributed by atoms with Crippen LogP contribution in [0.25, 0.3) is 0 Å². The highest BCUT2D eigenvalue weighted by atomic mass is 16.5. The first-order valence-corrected chi connectivity index (χ1v) is 4.23. The summed E-state index contributed by atoms with van der Waals surface area (Å²) in [6, 6.07) is -0.533. The zero-order chi connectivity index (χ0) is 10.1. The quantitative estimate of drug-likeness (QED) is 0.317. The van der Waals surface area contributed by atoms with E-state index >= 15 is 0 Å². The lowest BCUT2D eigenvalue weighted by Gasteiger charge is -2.12. The normalized spacial score (nSPS) is 11.8. The molecule has 0 spiro atoms. The Morgan fingerprint density at radius 2 is 2.31 bits per heavy atom. The van der Waals surface area contributed by atoms with E-state index in [0.717, 1.165) is 12.8 Å². The number of nitrogens with one attached hydrogen (secondary N) is 1. The van der Waals surface area contributed by atoms with Crippen molar-refractivity contribution in [1.29, 1.82) is 0 Å². The van der Waals surface area contributed by atoms with Crippen LogP contribution in [0.4, 0.5) is 0 Å². The average Bonchev–Trinajstić information content (AvgIpc) is 2.16. The third kappa shape index (κ3) is 5.19. The van der Waals surface area contributed by atoms with E-state index in [0.29, 0.717) is 19.4 Å². The number of carbonyl (C=O) groups excluding carboxylic acids is 2. The lowest BCUT2D eigenvalue weighted by atomic mass is 10.1. The first-order valence-electron chi connectivity index (χ1n) is 4.23. The number of carbonyl (C=O) groups is 2. The molecular weight excluding hydrogens is 172 g/mol. The molecule has 0 fully saturated rings. The van der Waals surface area contributed by atoms with Gasteiger partial charge >= 0.3 is 5.97 Å². The predicted octanol–water partition coefficient (Wildman–Crippen LogP) is -0.597. The van der Waals surface area contributed by atoms with Crippen molar-refractivity contribution in [3.63, 3.8) is 0 Å². The van der Waals surface area contributed by atoms with Crippen LogP contribution in [0.15, 0.2) is 0 Å². The van der Waals surface area contributed by atoms with Crippen LogP contribution < -0.4 is 11.1 Å². The zero-order valence-electron chi connectivity index (χ0n) is 7.79. The van der Waals surface area contributed by atoms with E-state index in [1.165, 1.54) is 7.11 Å². The molecule has 0 radical (unpaired) electrons. The molecule has 0 saturated carbocycles. The monoisotopic (exact) mass is 188 g/mol. The second-order valence-corrected chi connectivity index (χ2v) is 2.64. The fourth-order valence-corrected chi connectivity index (χ4v) is 0.986.